The number of aromatic amines is 1. The van der Waals surface area contributed by atoms with Crippen LogP contribution in [0, 0.1) is 0 Å². The molecule has 6 rings (SSSR count). The van der Waals surface area contributed by atoms with Crippen LogP contribution in [0.2, 0.25) is 0 Å². The molecule has 1 fully saturated rings. The lowest BCUT2D eigenvalue weighted by Gasteiger charge is -2.12. The van der Waals surface area contributed by atoms with Gasteiger partial charge in [-0.2, -0.15) is 5.10 Å². The van der Waals surface area contributed by atoms with Crippen molar-refractivity contribution in [2.45, 2.75) is 41.7 Å². The number of H-pyrrole nitrogens is 1. The zero-order valence-corrected chi connectivity index (χ0v) is 22.1. The number of pyridine rings is 1. The number of nitrogens with zero attached hydrogens (tertiary/aromatic N) is 2. The number of rotatable bonds is 7. The lowest BCUT2D eigenvalue weighted by atomic mass is 9.91. The molecule has 4 aromatic rings. The van der Waals surface area contributed by atoms with Crippen LogP contribution in [0.4, 0.5) is 17.3 Å². The van der Waals surface area contributed by atoms with E-state index >= 15 is 0 Å². The van der Waals surface area contributed by atoms with Crippen molar-refractivity contribution in [2.75, 3.05) is 24.9 Å². The second kappa shape index (κ2) is 8.45. The van der Waals surface area contributed by atoms with Gasteiger partial charge in [-0.05, 0) is 61.7 Å². The van der Waals surface area contributed by atoms with E-state index in [1.54, 1.807) is 21.0 Å². The highest BCUT2D eigenvalue weighted by molar-refractivity contribution is 7.92. The van der Waals surface area contributed by atoms with E-state index in [0.29, 0.717) is 17.4 Å². The summed E-state index contributed by atoms with van der Waals surface area (Å²) >= 11 is 0. The summed E-state index contributed by atoms with van der Waals surface area (Å²) in [5.74, 6) is 1.94. The number of carbonyl (C=O) groups excluding carboxylic acids is 1. The Hall–Kier alpha value is -4.12. The maximum Gasteiger partial charge on any atom is 0.235 e. The van der Waals surface area contributed by atoms with E-state index in [1.165, 1.54) is 19.4 Å². The first kappa shape index (κ1) is 24.2. The van der Waals surface area contributed by atoms with Gasteiger partial charge in [-0.25, -0.2) is 13.4 Å². The molecule has 1 saturated carbocycles. The van der Waals surface area contributed by atoms with E-state index in [0.717, 1.165) is 39.9 Å². The molecule has 0 saturated heterocycles. The van der Waals surface area contributed by atoms with Crippen molar-refractivity contribution in [1.82, 2.24) is 15.2 Å². The molecule has 1 aliphatic carbocycles. The number of amides is 1. The minimum absolute atomic E-state index is 0.0129. The Morgan fingerprint density at radius 1 is 1.08 bits per heavy atom. The predicted molar refractivity (Wildman–Crippen MR) is 143 cm³/mol. The average Bonchev–Trinajstić information content (AvgIpc) is 3.46. The van der Waals surface area contributed by atoms with Crippen molar-refractivity contribution in [2.24, 2.45) is 0 Å². The van der Waals surface area contributed by atoms with Crippen LogP contribution in [0.25, 0.3) is 10.9 Å². The fraction of sp³-hybridized carbons (Fsp3) is 0.296. The lowest BCUT2D eigenvalue weighted by molar-refractivity contribution is -0.118. The van der Waals surface area contributed by atoms with Crippen molar-refractivity contribution in [3.05, 3.63) is 59.8 Å². The molecular weight excluding hydrogens is 506 g/mol. The third kappa shape index (κ3) is 3.52. The highest BCUT2D eigenvalue weighted by atomic mass is 32.2. The van der Waals surface area contributed by atoms with Crippen molar-refractivity contribution in [3.63, 3.8) is 0 Å². The summed E-state index contributed by atoms with van der Waals surface area (Å²) in [6.45, 7) is 3.24. The predicted octanol–water partition coefficient (Wildman–Crippen LogP) is 4.28. The minimum atomic E-state index is -3.49. The monoisotopic (exact) mass is 533 g/mol. The smallest absolute Gasteiger partial charge is 0.235 e. The summed E-state index contributed by atoms with van der Waals surface area (Å²) in [5.41, 5.74) is 3.06. The number of aromatic nitrogens is 3. The van der Waals surface area contributed by atoms with E-state index in [-0.39, 0.29) is 16.7 Å². The van der Waals surface area contributed by atoms with Gasteiger partial charge < -0.3 is 20.1 Å². The fourth-order valence-electron chi connectivity index (χ4n) is 5.26. The Kier molecular flexibility index (Phi) is 5.39. The third-order valence-corrected chi connectivity index (χ3v) is 9.67. The summed E-state index contributed by atoms with van der Waals surface area (Å²) in [4.78, 5) is 17.4. The summed E-state index contributed by atoms with van der Waals surface area (Å²) in [6, 6.07) is 13.1. The van der Waals surface area contributed by atoms with Gasteiger partial charge in [-0.1, -0.05) is 6.07 Å². The van der Waals surface area contributed by atoms with Crippen LogP contribution >= 0.6 is 0 Å². The first-order chi connectivity index (χ1) is 18.2. The number of nitrogens with one attached hydrogen (secondary N) is 3. The standard InChI is InChI=1S/C27H27N5O5S/c1-14(2)38(34,35)17-11-23(37-4)25(28-13-17)30-24-18-7-5-15(9-22(18)31-32-24)20-12-27(20)19-10-16(36-3)6-8-21(19)29-26(27)33/h5-11,13-14,20H,12H2,1-4H3,(H,29,33)(H2,28,30,31,32)/t20-,27-/m0/s1. The Balaban J connectivity index is 1.29. The molecule has 38 heavy (non-hydrogen) atoms. The number of sulfone groups is 1. The van der Waals surface area contributed by atoms with Gasteiger partial charge in [0.05, 0.1) is 35.3 Å². The molecule has 3 heterocycles. The van der Waals surface area contributed by atoms with Crippen LogP contribution in [0.3, 0.4) is 0 Å². The van der Waals surface area contributed by atoms with Crippen LogP contribution in [-0.4, -0.2) is 49.0 Å². The minimum Gasteiger partial charge on any atom is -0.497 e. The molecule has 2 atom stereocenters. The highest BCUT2D eigenvalue weighted by Gasteiger charge is 2.65. The molecular formula is C27H27N5O5S. The Morgan fingerprint density at radius 2 is 1.89 bits per heavy atom. The SMILES string of the molecule is COc1ccc2c(c1)[C@]1(C[C@H]1c1ccc3c(Nc4ncc(S(=O)(=O)C(C)C)cc4OC)n[nH]c3c1)C(=O)N2. The Morgan fingerprint density at radius 3 is 2.63 bits per heavy atom. The number of carbonyl (C=O) groups is 1. The number of benzene rings is 2. The van der Waals surface area contributed by atoms with E-state index in [9.17, 15) is 13.2 Å². The van der Waals surface area contributed by atoms with Crippen LogP contribution < -0.4 is 20.1 Å². The maximum absolute atomic E-state index is 13.0. The van der Waals surface area contributed by atoms with Gasteiger partial charge in [0.15, 0.2) is 27.2 Å². The molecule has 0 radical (unpaired) electrons. The van der Waals surface area contributed by atoms with Gasteiger partial charge in [-0.15, -0.1) is 0 Å². The van der Waals surface area contributed by atoms with E-state index in [4.69, 9.17) is 9.47 Å². The van der Waals surface area contributed by atoms with Crippen LogP contribution in [0.5, 0.6) is 11.5 Å². The molecule has 1 aliphatic heterocycles. The number of hydrogen-bond donors (Lipinski definition) is 3. The molecule has 1 spiro atoms. The van der Waals surface area contributed by atoms with Gasteiger partial charge in [0, 0.05) is 29.3 Å². The van der Waals surface area contributed by atoms with E-state index in [1.807, 2.05) is 36.4 Å². The average molecular weight is 534 g/mol. The maximum atomic E-state index is 13.0. The molecule has 2 aliphatic rings. The molecule has 196 valence electrons. The lowest BCUT2D eigenvalue weighted by Crippen LogP contribution is -2.21. The van der Waals surface area contributed by atoms with Crippen LogP contribution in [-0.2, 0) is 20.0 Å². The number of fused-ring (bicyclic) bond motifs is 3. The second-order valence-electron chi connectivity index (χ2n) is 9.91. The molecule has 10 nitrogen and oxygen atoms in total. The normalized spacial score (nSPS) is 20.0. The Labute approximate surface area is 219 Å². The van der Waals surface area contributed by atoms with Crippen LogP contribution in [0.1, 0.15) is 37.3 Å². The molecule has 2 aromatic heterocycles. The molecule has 11 heteroatoms. The number of ether oxygens (including phenoxy) is 2. The summed E-state index contributed by atoms with van der Waals surface area (Å²) in [6.07, 6.45) is 2.04. The molecule has 1 amide bonds. The molecule has 0 unspecified atom stereocenters. The second-order valence-corrected chi connectivity index (χ2v) is 12.4. The largest absolute Gasteiger partial charge is 0.497 e. The highest BCUT2D eigenvalue weighted by Crippen LogP contribution is 2.65. The summed E-state index contributed by atoms with van der Waals surface area (Å²) in [7, 11) is -0.415. The number of methoxy groups -OCH3 is 2. The number of anilines is 3. The Bertz CT molecular complexity index is 1710. The van der Waals surface area contributed by atoms with Crippen molar-refractivity contribution < 1.29 is 22.7 Å². The summed E-state index contributed by atoms with van der Waals surface area (Å²) < 4.78 is 35.9. The van der Waals surface area contributed by atoms with Gasteiger partial charge >= 0.3 is 0 Å². The third-order valence-electron chi connectivity index (χ3n) is 7.54. The van der Waals surface area contributed by atoms with Gasteiger partial charge in [0.25, 0.3) is 0 Å². The van der Waals surface area contributed by atoms with Gasteiger partial charge in [-0.3, -0.25) is 9.89 Å². The zero-order valence-electron chi connectivity index (χ0n) is 21.3. The topological polar surface area (TPSA) is 135 Å². The molecule has 2 aromatic carbocycles. The quantitative estimate of drug-likeness (QED) is 0.320. The summed E-state index contributed by atoms with van der Waals surface area (Å²) in [5, 5.41) is 13.9. The zero-order chi connectivity index (χ0) is 26.8. The van der Waals surface area contributed by atoms with E-state index < -0.39 is 20.5 Å². The number of hydrogen-bond acceptors (Lipinski definition) is 8. The van der Waals surface area contributed by atoms with Crippen LogP contribution in [0.15, 0.2) is 53.6 Å². The van der Waals surface area contributed by atoms with Crippen molar-refractivity contribution in [1.29, 1.82) is 0 Å². The van der Waals surface area contributed by atoms with Crippen molar-refractivity contribution >= 4 is 44.0 Å². The van der Waals surface area contributed by atoms with E-state index in [2.05, 4.69) is 25.8 Å². The van der Waals surface area contributed by atoms with Gasteiger partial charge in [0.1, 0.15) is 5.75 Å². The molecule has 3 N–H and O–H groups in total. The molecule has 0 bridgehead atoms. The first-order valence-corrected chi connectivity index (χ1v) is 13.8. The van der Waals surface area contributed by atoms with Crippen molar-refractivity contribution in [3.8, 4) is 11.5 Å². The fourth-order valence-corrected chi connectivity index (χ4v) is 6.28. The first-order valence-electron chi connectivity index (χ1n) is 12.2. The van der Waals surface area contributed by atoms with Gasteiger partial charge in [0.2, 0.25) is 5.91 Å².